The summed E-state index contributed by atoms with van der Waals surface area (Å²) < 4.78 is 0. The molecule has 3 aromatic heterocycles. The molecule has 0 aliphatic rings. The minimum atomic E-state index is -0.213. The Morgan fingerprint density at radius 3 is 2.92 bits per heavy atom. The third-order valence-corrected chi connectivity index (χ3v) is 5.13. The number of benzene rings is 1. The molecule has 25 heavy (non-hydrogen) atoms. The number of nitrogens with zero attached hydrogens (tertiary/aromatic N) is 2. The molecule has 0 saturated heterocycles. The van der Waals surface area contributed by atoms with Crippen molar-refractivity contribution in [3.63, 3.8) is 0 Å². The maximum atomic E-state index is 12.3. The standard InChI is InChI=1S/C19H16N4OS/c24-19(17-12-20-7-8-21-17)23-11-15(18-6-3-9-25-18)14-10-22-16-5-2-1-4-13(14)16/h1-10,12,15,22H,11H2,(H,23,24)/t15-/m1/s1. The van der Waals surface area contributed by atoms with Gasteiger partial charge in [-0.15, -0.1) is 11.3 Å². The van der Waals surface area contributed by atoms with Crippen molar-refractivity contribution in [1.29, 1.82) is 0 Å². The molecule has 0 spiro atoms. The van der Waals surface area contributed by atoms with Crippen LogP contribution in [0.5, 0.6) is 0 Å². The number of hydrogen-bond acceptors (Lipinski definition) is 4. The Morgan fingerprint density at radius 1 is 1.20 bits per heavy atom. The van der Waals surface area contributed by atoms with Crippen LogP contribution >= 0.6 is 11.3 Å². The van der Waals surface area contributed by atoms with Crippen molar-refractivity contribution in [1.82, 2.24) is 20.3 Å². The zero-order valence-corrected chi connectivity index (χ0v) is 14.2. The number of para-hydroxylation sites is 1. The summed E-state index contributed by atoms with van der Waals surface area (Å²) in [5.41, 5.74) is 2.60. The second-order valence-electron chi connectivity index (χ2n) is 5.66. The molecule has 4 aromatic rings. The molecule has 5 nitrogen and oxygen atoms in total. The predicted octanol–water partition coefficient (Wildman–Crippen LogP) is 3.58. The van der Waals surface area contributed by atoms with Crippen LogP contribution in [0.2, 0.25) is 0 Å². The van der Waals surface area contributed by atoms with Gasteiger partial charge in [-0.1, -0.05) is 24.3 Å². The molecule has 3 heterocycles. The van der Waals surface area contributed by atoms with Gasteiger partial charge in [-0.3, -0.25) is 9.78 Å². The van der Waals surface area contributed by atoms with Crippen LogP contribution in [-0.4, -0.2) is 27.4 Å². The Kier molecular flexibility index (Phi) is 4.26. The largest absolute Gasteiger partial charge is 0.361 e. The van der Waals surface area contributed by atoms with Crippen LogP contribution in [0, 0.1) is 0 Å². The quantitative estimate of drug-likeness (QED) is 0.579. The number of carbonyl (C=O) groups excluding carboxylic acids is 1. The Bertz CT molecular complexity index is 979. The van der Waals surface area contributed by atoms with Gasteiger partial charge in [-0.25, -0.2) is 4.98 Å². The van der Waals surface area contributed by atoms with Crippen molar-refractivity contribution in [3.8, 4) is 0 Å². The number of rotatable bonds is 5. The first-order valence-corrected chi connectivity index (χ1v) is 8.84. The van der Waals surface area contributed by atoms with E-state index in [1.54, 1.807) is 17.5 Å². The van der Waals surface area contributed by atoms with Crippen LogP contribution in [0.4, 0.5) is 0 Å². The highest BCUT2D eigenvalue weighted by Gasteiger charge is 2.20. The van der Waals surface area contributed by atoms with Crippen LogP contribution in [0.1, 0.15) is 26.8 Å². The lowest BCUT2D eigenvalue weighted by Gasteiger charge is -2.16. The lowest BCUT2D eigenvalue weighted by Crippen LogP contribution is -2.29. The molecular formula is C19H16N4OS. The van der Waals surface area contributed by atoms with E-state index in [1.807, 2.05) is 24.4 Å². The predicted molar refractivity (Wildman–Crippen MR) is 98.8 cm³/mol. The van der Waals surface area contributed by atoms with Crippen molar-refractivity contribution >= 4 is 28.1 Å². The van der Waals surface area contributed by atoms with Gasteiger partial charge in [0.15, 0.2) is 0 Å². The number of hydrogen-bond donors (Lipinski definition) is 2. The number of aromatic nitrogens is 3. The zero-order valence-electron chi connectivity index (χ0n) is 13.3. The summed E-state index contributed by atoms with van der Waals surface area (Å²) in [5.74, 6) is -0.133. The van der Waals surface area contributed by atoms with E-state index < -0.39 is 0 Å². The average Bonchev–Trinajstić information content (AvgIpc) is 3.33. The summed E-state index contributed by atoms with van der Waals surface area (Å²) in [6.07, 6.45) is 6.58. The highest BCUT2D eigenvalue weighted by molar-refractivity contribution is 7.10. The highest BCUT2D eigenvalue weighted by Crippen LogP contribution is 2.32. The maximum absolute atomic E-state index is 12.3. The minimum Gasteiger partial charge on any atom is -0.361 e. The van der Waals surface area contributed by atoms with Gasteiger partial charge in [0.2, 0.25) is 0 Å². The van der Waals surface area contributed by atoms with Crippen LogP contribution < -0.4 is 5.32 Å². The van der Waals surface area contributed by atoms with E-state index in [0.717, 1.165) is 5.52 Å². The molecule has 124 valence electrons. The van der Waals surface area contributed by atoms with E-state index in [1.165, 1.54) is 28.2 Å². The van der Waals surface area contributed by atoms with E-state index in [9.17, 15) is 4.79 Å². The monoisotopic (exact) mass is 348 g/mol. The van der Waals surface area contributed by atoms with Gasteiger partial charge in [0, 0.05) is 46.8 Å². The van der Waals surface area contributed by atoms with E-state index in [2.05, 4.69) is 43.8 Å². The van der Waals surface area contributed by atoms with Crippen molar-refractivity contribution in [2.75, 3.05) is 6.54 Å². The molecule has 0 aliphatic heterocycles. The fourth-order valence-electron chi connectivity index (χ4n) is 2.94. The maximum Gasteiger partial charge on any atom is 0.271 e. The molecule has 0 unspecified atom stereocenters. The van der Waals surface area contributed by atoms with Crippen molar-refractivity contribution < 1.29 is 4.79 Å². The summed E-state index contributed by atoms with van der Waals surface area (Å²) >= 11 is 1.69. The number of fused-ring (bicyclic) bond motifs is 1. The van der Waals surface area contributed by atoms with E-state index in [-0.39, 0.29) is 11.8 Å². The van der Waals surface area contributed by atoms with Gasteiger partial charge in [0.1, 0.15) is 5.69 Å². The first kappa shape index (κ1) is 15.5. The summed E-state index contributed by atoms with van der Waals surface area (Å²) in [6, 6.07) is 12.3. The molecule has 4 rings (SSSR count). The minimum absolute atomic E-state index is 0.0803. The molecule has 6 heteroatoms. The van der Waals surface area contributed by atoms with Crippen molar-refractivity contribution in [2.24, 2.45) is 0 Å². The molecule has 2 N–H and O–H groups in total. The van der Waals surface area contributed by atoms with Crippen molar-refractivity contribution in [2.45, 2.75) is 5.92 Å². The lowest BCUT2D eigenvalue weighted by molar-refractivity contribution is 0.0947. The van der Waals surface area contributed by atoms with Crippen LogP contribution in [0.3, 0.4) is 0 Å². The van der Waals surface area contributed by atoms with Crippen molar-refractivity contribution in [3.05, 3.63) is 82.7 Å². The second-order valence-corrected chi connectivity index (χ2v) is 6.64. The lowest BCUT2D eigenvalue weighted by atomic mass is 9.96. The molecular weight excluding hydrogens is 332 g/mol. The van der Waals surface area contributed by atoms with Gasteiger partial charge >= 0.3 is 0 Å². The van der Waals surface area contributed by atoms with E-state index >= 15 is 0 Å². The second kappa shape index (κ2) is 6.86. The Morgan fingerprint density at radius 2 is 2.12 bits per heavy atom. The molecule has 0 saturated carbocycles. The summed E-state index contributed by atoms with van der Waals surface area (Å²) in [5, 5.41) is 6.22. The first-order valence-electron chi connectivity index (χ1n) is 7.96. The molecule has 1 aromatic carbocycles. The molecule has 1 atom stereocenters. The molecule has 0 fully saturated rings. The molecule has 0 aliphatic carbocycles. The van der Waals surface area contributed by atoms with E-state index in [4.69, 9.17) is 0 Å². The Hall–Kier alpha value is -2.99. The van der Waals surface area contributed by atoms with Gasteiger partial charge in [-0.2, -0.15) is 0 Å². The SMILES string of the molecule is O=C(NC[C@@H](c1cccs1)c1c[nH]c2ccccc12)c1cnccn1. The number of thiophene rings is 1. The van der Waals surface area contributed by atoms with Crippen LogP contribution in [0.15, 0.2) is 66.6 Å². The molecule has 1 amide bonds. The third kappa shape index (κ3) is 3.16. The Balaban J connectivity index is 1.63. The number of H-pyrrole nitrogens is 1. The summed E-state index contributed by atoms with van der Waals surface area (Å²) in [6.45, 7) is 0.498. The molecule has 0 radical (unpaired) electrons. The van der Waals surface area contributed by atoms with Gasteiger partial charge in [0.05, 0.1) is 6.20 Å². The normalized spacial score (nSPS) is 12.2. The Labute approximate surface area is 148 Å². The van der Waals surface area contributed by atoms with Crippen LogP contribution in [-0.2, 0) is 0 Å². The fourth-order valence-corrected chi connectivity index (χ4v) is 3.78. The third-order valence-electron chi connectivity index (χ3n) is 4.15. The smallest absolute Gasteiger partial charge is 0.271 e. The van der Waals surface area contributed by atoms with Gasteiger partial charge in [-0.05, 0) is 23.1 Å². The summed E-state index contributed by atoms with van der Waals surface area (Å²) in [4.78, 5) is 24.9. The van der Waals surface area contributed by atoms with Crippen LogP contribution in [0.25, 0.3) is 10.9 Å². The zero-order chi connectivity index (χ0) is 17.1. The number of nitrogens with one attached hydrogen (secondary N) is 2. The number of aromatic amines is 1. The first-order chi connectivity index (χ1) is 12.3. The van der Waals surface area contributed by atoms with Gasteiger partial charge in [0.25, 0.3) is 5.91 Å². The fraction of sp³-hybridized carbons (Fsp3) is 0.105. The summed E-state index contributed by atoms with van der Waals surface area (Å²) in [7, 11) is 0. The highest BCUT2D eigenvalue weighted by atomic mass is 32.1. The van der Waals surface area contributed by atoms with Gasteiger partial charge < -0.3 is 10.3 Å². The topological polar surface area (TPSA) is 70.7 Å². The molecule has 0 bridgehead atoms. The van der Waals surface area contributed by atoms with E-state index in [0.29, 0.717) is 12.2 Å². The number of carbonyl (C=O) groups is 1. The average molecular weight is 348 g/mol. The number of amides is 1.